The van der Waals surface area contributed by atoms with E-state index in [4.69, 9.17) is 75.8 Å². The van der Waals surface area contributed by atoms with Crippen molar-refractivity contribution in [1.82, 2.24) is 0 Å². The van der Waals surface area contributed by atoms with E-state index in [-0.39, 0.29) is 35.1 Å². The summed E-state index contributed by atoms with van der Waals surface area (Å²) in [5.74, 6) is -15.1. The van der Waals surface area contributed by atoms with Crippen molar-refractivity contribution in [2.45, 2.75) is 193 Å². The monoisotopic (exact) mass is 1470 g/mol. The molecule has 36 atom stereocenters. The first-order chi connectivity index (χ1) is 49.1. The van der Waals surface area contributed by atoms with Crippen LogP contribution >= 0.6 is 0 Å². The highest BCUT2D eigenvalue weighted by Gasteiger charge is 2.59. The van der Waals surface area contributed by atoms with Crippen LogP contribution in [0.15, 0.2) is 84.3 Å². The van der Waals surface area contributed by atoms with Gasteiger partial charge in [-0.3, -0.25) is 4.79 Å². The minimum Gasteiger partial charge on any atom is -0.472 e. The van der Waals surface area contributed by atoms with Crippen molar-refractivity contribution in [2.75, 3.05) is 40.6 Å². The van der Waals surface area contributed by atoms with Crippen molar-refractivity contribution in [2.24, 2.45) is 59.2 Å². The van der Waals surface area contributed by atoms with Crippen LogP contribution < -0.4 is 0 Å². The molecular formula is C66H90O37. The molecule has 10 rings (SSSR count). The fourth-order valence-electron chi connectivity index (χ4n) is 15.2. The smallest absolute Gasteiger partial charge is 0.338 e. The van der Waals surface area contributed by atoms with Gasteiger partial charge in [-0.15, -0.1) is 13.2 Å². The molecule has 0 unspecified atom stereocenters. The predicted molar refractivity (Wildman–Crippen MR) is 330 cm³/mol. The Hall–Kier alpha value is -6.03. The van der Waals surface area contributed by atoms with Crippen molar-refractivity contribution in [3.05, 3.63) is 84.3 Å². The normalized spacial score (nSPS) is 45.3. The molecule has 0 aromatic heterocycles. The summed E-state index contributed by atoms with van der Waals surface area (Å²) in [5.41, 5.74) is -1.13. The third kappa shape index (κ3) is 15.6. The van der Waals surface area contributed by atoms with Gasteiger partial charge in [-0.25, -0.2) is 19.2 Å². The van der Waals surface area contributed by atoms with Gasteiger partial charge in [0, 0.05) is 53.3 Å². The van der Waals surface area contributed by atoms with Gasteiger partial charge in [0.05, 0.1) is 93.9 Å². The van der Waals surface area contributed by atoms with Crippen LogP contribution in [-0.4, -0.2) is 313 Å². The van der Waals surface area contributed by atoms with Crippen LogP contribution in [0, 0.1) is 59.2 Å². The SMILES string of the molecule is C=C[C@H]1[C@H](O[C@@H]2O[C@H](CO)[C@@H](O)[C@H](O)[C@H]2O)OC=C(C(=O)O[C@H]2C[C@@H]3C(C(=O)OC)=CO[C@@H](O[C@@H]4O[C@H](CO)[C@@H](O)[C@H](O)[C@H]4O)[C@@H]3[C@H]2C)[C@H]1C/C=C(/C=O)[C@@H]1C(C(=O)O[C@@H]2C[C@@H]3C(C(=O)OC)=CO[C@@H](O[C@@H]4O[C@H](CO)[C@@H](O)[C@H](O)[C@H]4O)[C@@H]3[C@@H]2C)=CO[C@@H](O[C@@H]2O[C@H](CO)[C@@H](O)[C@H](O)[C@H]2O)[C@@H]1C=C. The number of allylic oxidation sites excluding steroid dienone is 2. The van der Waals surface area contributed by atoms with Crippen molar-refractivity contribution >= 4 is 30.2 Å². The van der Waals surface area contributed by atoms with E-state index in [1.807, 2.05) is 0 Å². The second-order valence-corrected chi connectivity index (χ2v) is 26.8. The average molecular weight is 1480 g/mol. The topological polar surface area (TPSA) is 557 Å². The van der Waals surface area contributed by atoms with Crippen LogP contribution in [0.5, 0.6) is 0 Å². The number of rotatable bonds is 24. The molecule has 0 amide bonds. The second-order valence-electron chi connectivity index (χ2n) is 26.8. The zero-order chi connectivity index (χ0) is 74.9. The number of ether oxygens (including phenoxy) is 16. The Morgan fingerprint density at radius 1 is 0.437 bits per heavy atom. The largest absolute Gasteiger partial charge is 0.472 e. The first kappa shape index (κ1) is 79.5. The van der Waals surface area contributed by atoms with E-state index >= 15 is 9.59 Å². The molecule has 6 fully saturated rings. The Labute approximate surface area is 587 Å². The van der Waals surface area contributed by atoms with Crippen LogP contribution in [0.1, 0.15) is 33.1 Å². The number of fused-ring (bicyclic) bond motifs is 2. The molecule has 0 aromatic carbocycles. The van der Waals surface area contributed by atoms with Gasteiger partial charge in [0.15, 0.2) is 25.2 Å². The van der Waals surface area contributed by atoms with Gasteiger partial charge in [0.1, 0.15) is 116 Å². The molecular weight excluding hydrogens is 1380 g/mol. The lowest BCUT2D eigenvalue weighted by atomic mass is 9.76. The van der Waals surface area contributed by atoms with E-state index in [0.717, 1.165) is 39.3 Å². The number of aliphatic hydroxyl groups is 16. The summed E-state index contributed by atoms with van der Waals surface area (Å²) < 4.78 is 93.4. The Kier molecular flexibility index (Phi) is 26.1. The van der Waals surface area contributed by atoms with Gasteiger partial charge in [-0.05, 0) is 24.8 Å². The summed E-state index contributed by atoms with van der Waals surface area (Å²) in [6.07, 6.45) is -37.1. The molecule has 2 aliphatic carbocycles. The first-order valence-electron chi connectivity index (χ1n) is 33.4. The van der Waals surface area contributed by atoms with Gasteiger partial charge in [-0.1, -0.05) is 32.1 Å². The van der Waals surface area contributed by atoms with E-state index in [1.165, 1.54) is 18.2 Å². The number of carbonyl (C=O) groups excluding carboxylic acids is 5. The van der Waals surface area contributed by atoms with Crippen LogP contribution in [0.2, 0.25) is 0 Å². The van der Waals surface area contributed by atoms with Crippen LogP contribution in [0.3, 0.4) is 0 Å². The highest BCUT2D eigenvalue weighted by molar-refractivity contribution is 5.93. The van der Waals surface area contributed by atoms with Gasteiger partial charge in [0.25, 0.3) is 0 Å². The maximum absolute atomic E-state index is 15.3. The molecule has 10 aliphatic rings. The lowest BCUT2D eigenvalue weighted by molar-refractivity contribution is -0.342. The Bertz CT molecular complexity index is 3170. The van der Waals surface area contributed by atoms with E-state index < -0.39 is 282 Å². The summed E-state index contributed by atoms with van der Waals surface area (Å²) in [6.45, 7) is 7.78. The zero-order valence-electron chi connectivity index (χ0n) is 56.0. The standard InChI is InChI=1S/C66H90O37/c1-7-25-27(30(18-90-59(25)100-63-51(80)47(76)43(72)36(14-68)96-63)57(86)94-34-11-28-31(55(84)88-5)19-92-61(40(28)22(34)3)102-65-53(82)49(78)45(74)38(16-70)98-65)10-9-24(13-67)42-26(8-2)60(101-64-52(81)48(77)44(73)37(15-69)97-64)91-21-33(42)58(87)95-35-12-29-32(56(85)89-6)20-93-62(41(29)23(35)4)103-66-54(83)50(79)46(75)39(17-71)99-66/h7-9,13,18-23,25-29,34-54,59-66,68-83H,1-2,10-12,14-17H2,3-6H3/b24-9-/t22-,23+,25+,26+,27-,28+,29+,34-,35+,36+,37+,38+,39+,40+,41+,42-,43+,44+,45+,46+,47-,48-,49-,50-,51+,52+,53+,54+,59-,60-,61-,62-,63-,64-,65-,66-/m0/s1. The molecule has 0 bridgehead atoms. The van der Waals surface area contributed by atoms with E-state index in [2.05, 4.69) is 13.2 Å². The number of carbonyl (C=O) groups is 5. The van der Waals surface area contributed by atoms with Crippen molar-refractivity contribution in [3.8, 4) is 0 Å². The Morgan fingerprint density at radius 2 is 0.757 bits per heavy atom. The quantitative estimate of drug-likeness (QED) is 0.0140. The number of hydrogen-bond acceptors (Lipinski definition) is 37. The van der Waals surface area contributed by atoms with Crippen LogP contribution in [0.25, 0.3) is 0 Å². The number of hydrogen-bond donors (Lipinski definition) is 16. The minimum absolute atomic E-state index is 0.0243. The minimum atomic E-state index is -2.02. The molecule has 0 spiro atoms. The van der Waals surface area contributed by atoms with Gasteiger partial charge in [0.2, 0.25) is 25.2 Å². The Balaban J connectivity index is 0.986. The summed E-state index contributed by atoms with van der Waals surface area (Å²) >= 11 is 0. The summed E-state index contributed by atoms with van der Waals surface area (Å²) in [5, 5.41) is 169. The summed E-state index contributed by atoms with van der Waals surface area (Å²) in [4.78, 5) is 71.3. The van der Waals surface area contributed by atoms with Gasteiger partial charge >= 0.3 is 23.9 Å². The maximum Gasteiger partial charge on any atom is 0.338 e. The van der Waals surface area contributed by atoms with E-state index in [9.17, 15) is 96.1 Å². The highest BCUT2D eigenvalue weighted by Crippen LogP contribution is 2.52. The van der Waals surface area contributed by atoms with E-state index in [0.29, 0.717) is 6.29 Å². The fraction of sp³-hybridized carbons (Fsp3) is 0.712. The van der Waals surface area contributed by atoms with Gasteiger partial charge < -0.3 is 157 Å². The molecule has 0 radical (unpaired) electrons. The third-order valence-electron chi connectivity index (χ3n) is 21.2. The lowest BCUT2D eigenvalue weighted by Gasteiger charge is -2.43. The number of methoxy groups -OCH3 is 2. The lowest BCUT2D eigenvalue weighted by Crippen LogP contribution is -2.60. The highest BCUT2D eigenvalue weighted by atomic mass is 16.8. The zero-order valence-corrected chi connectivity index (χ0v) is 56.0. The molecule has 37 nitrogen and oxygen atoms in total. The first-order valence-corrected chi connectivity index (χ1v) is 33.4. The maximum atomic E-state index is 15.3. The molecule has 576 valence electrons. The van der Waals surface area contributed by atoms with Crippen LogP contribution in [0.4, 0.5) is 0 Å². The molecule has 8 heterocycles. The van der Waals surface area contributed by atoms with Crippen LogP contribution in [-0.2, 0) is 99.8 Å². The molecule has 103 heavy (non-hydrogen) atoms. The van der Waals surface area contributed by atoms with E-state index in [1.54, 1.807) is 13.8 Å². The molecule has 0 aromatic rings. The Morgan fingerprint density at radius 3 is 1.10 bits per heavy atom. The number of aldehydes is 1. The molecule has 2 saturated carbocycles. The molecule has 37 heteroatoms. The molecule has 8 aliphatic heterocycles. The number of esters is 4. The van der Waals surface area contributed by atoms with Crippen molar-refractivity contribution in [1.29, 1.82) is 0 Å². The summed E-state index contributed by atoms with van der Waals surface area (Å²) in [7, 11) is 2.22. The van der Waals surface area contributed by atoms with Crippen molar-refractivity contribution < 1.29 is 181 Å². The second kappa shape index (κ2) is 33.8. The molecule has 4 saturated heterocycles. The summed E-state index contributed by atoms with van der Waals surface area (Å²) in [6, 6.07) is 0. The number of aliphatic hydroxyl groups excluding tert-OH is 16. The van der Waals surface area contributed by atoms with Gasteiger partial charge in [-0.2, -0.15) is 0 Å². The predicted octanol–water partition coefficient (Wildman–Crippen LogP) is -6.72. The molecule has 16 N–H and O–H groups in total. The fourth-order valence-corrected chi connectivity index (χ4v) is 15.2. The van der Waals surface area contributed by atoms with Crippen molar-refractivity contribution in [3.63, 3.8) is 0 Å². The third-order valence-corrected chi connectivity index (χ3v) is 21.2. The average Bonchev–Trinajstić information content (AvgIpc) is 1.67.